The molecule has 0 bridgehead atoms. The van der Waals surface area contributed by atoms with E-state index in [0.29, 0.717) is 11.8 Å². The summed E-state index contributed by atoms with van der Waals surface area (Å²) in [6.07, 6.45) is 7.49. The van der Waals surface area contributed by atoms with E-state index in [9.17, 15) is 0 Å². The van der Waals surface area contributed by atoms with Crippen LogP contribution < -0.4 is 0 Å². The molecule has 26 heavy (non-hydrogen) atoms. The first-order valence-electron chi connectivity index (χ1n) is 10.2. The van der Waals surface area contributed by atoms with Crippen LogP contribution in [-0.4, -0.2) is 14.3 Å². The van der Waals surface area contributed by atoms with Crippen molar-refractivity contribution in [3.63, 3.8) is 0 Å². The standard InChI is InChI=1S/C23H33N3/c1-6-11-26-22-10-8-9-20(21(22)13-23(26)17(3)4)12-18(5)15-25-16-19(7-2)14-24-25/h8-10,13-14,16-18H,6-7,11-12,15H2,1-5H3. The van der Waals surface area contributed by atoms with E-state index in [0.717, 1.165) is 25.9 Å². The third-order valence-electron chi connectivity index (χ3n) is 5.27. The summed E-state index contributed by atoms with van der Waals surface area (Å²) in [5, 5.41) is 5.95. The normalized spacial score (nSPS) is 13.0. The molecular formula is C23H33N3. The number of hydrogen-bond donors (Lipinski definition) is 0. The van der Waals surface area contributed by atoms with Gasteiger partial charge in [0.1, 0.15) is 0 Å². The van der Waals surface area contributed by atoms with E-state index >= 15 is 0 Å². The molecule has 0 aliphatic carbocycles. The van der Waals surface area contributed by atoms with Crippen molar-refractivity contribution in [3.05, 3.63) is 53.5 Å². The molecule has 1 unspecified atom stereocenters. The van der Waals surface area contributed by atoms with Crippen molar-refractivity contribution in [3.8, 4) is 0 Å². The van der Waals surface area contributed by atoms with E-state index in [2.05, 4.69) is 79.4 Å². The zero-order chi connectivity index (χ0) is 18.7. The van der Waals surface area contributed by atoms with Gasteiger partial charge in [-0.25, -0.2) is 0 Å². The molecule has 1 atom stereocenters. The van der Waals surface area contributed by atoms with Gasteiger partial charge in [0, 0.05) is 35.9 Å². The van der Waals surface area contributed by atoms with Crippen LogP contribution >= 0.6 is 0 Å². The predicted octanol–water partition coefficient (Wildman–Crippen LogP) is 5.81. The summed E-state index contributed by atoms with van der Waals surface area (Å²) >= 11 is 0. The first kappa shape index (κ1) is 18.8. The van der Waals surface area contributed by atoms with E-state index in [-0.39, 0.29) is 0 Å². The lowest BCUT2D eigenvalue weighted by atomic mass is 9.98. The number of aromatic nitrogens is 3. The summed E-state index contributed by atoms with van der Waals surface area (Å²) in [5.41, 5.74) is 5.64. The van der Waals surface area contributed by atoms with E-state index in [1.54, 1.807) is 0 Å². The highest BCUT2D eigenvalue weighted by Gasteiger charge is 2.15. The first-order valence-corrected chi connectivity index (χ1v) is 10.2. The average Bonchev–Trinajstić information content (AvgIpc) is 3.20. The maximum atomic E-state index is 4.51. The molecule has 0 aliphatic heterocycles. The number of nitrogens with zero attached hydrogens (tertiary/aromatic N) is 3. The summed E-state index contributed by atoms with van der Waals surface area (Å²) in [7, 11) is 0. The number of hydrogen-bond acceptors (Lipinski definition) is 1. The van der Waals surface area contributed by atoms with Crippen LogP contribution in [0.25, 0.3) is 10.9 Å². The van der Waals surface area contributed by atoms with Gasteiger partial charge in [0.15, 0.2) is 0 Å². The zero-order valence-corrected chi connectivity index (χ0v) is 17.0. The first-order chi connectivity index (χ1) is 12.5. The van der Waals surface area contributed by atoms with Gasteiger partial charge in [-0.1, -0.05) is 46.8 Å². The number of aryl methyl sites for hydroxylation is 2. The molecule has 0 N–H and O–H groups in total. The molecular weight excluding hydrogens is 318 g/mol. The molecule has 3 heteroatoms. The fourth-order valence-electron chi connectivity index (χ4n) is 3.94. The van der Waals surface area contributed by atoms with Gasteiger partial charge in [0.05, 0.1) is 6.20 Å². The van der Waals surface area contributed by atoms with Crippen LogP contribution in [0.5, 0.6) is 0 Å². The van der Waals surface area contributed by atoms with Crippen molar-refractivity contribution in [2.24, 2.45) is 5.92 Å². The van der Waals surface area contributed by atoms with Crippen molar-refractivity contribution >= 4 is 10.9 Å². The van der Waals surface area contributed by atoms with Gasteiger partial charge in [-0.3, -0.25) is 4.68 Å². The van der Waals surface area contributed by atoms with Gasteiger partial charge in [-0.15, -0.1) is 0 Å². The molecule has 3 nitrogen and oxygen atoms in total. The highest BCUT2D eigenvalue weighted by molar-refractivity contribution is 5.85. The lowest BCUT2D eigenvalue weighted by Gasteiger charge is -2.14. The highest BCUT2D eigenvalue weighted by Crippen LogP contribution is 2.29. The molecule has 0 aliphatic rings. The Morgan fingerprint density at radius 2 is 1.92 bits per heavy atom. The van der Waals surface area contributed by atoms with Gasteiger partial charge >= 0.3 is 0 Å². The Labute approximate surface area is 158 Å². The molecule has 0 spiro atoms. The quantitative estimate of drug-likeness (QED) is 0.502. The van der Waals surface area contributed by atoms with Gasteiger partial charge < -0.3 is 4.57 Å². The molecule has 2 aromatic heterocycles. The van der Waals surface area contributed by atoms with Crippen molar-refractivity contribution in [2.45, 2.75) is 72.9 Å². The maximum Gasteiger partial charge on any atom is 0.0521 e. The van der Waals surface area contributed by atoms with Crippen LogP contribution in [0.1, 0.15) is 63.8 Å². The number of fused-ring (bicyclic) bond motifs is 1. The second kappa shape index (κ2) is 8.11. The molecule has 0 radical (unpaired) electrons. The van der Waals surface area contributed by atoms with Crippen LogP contribution in [0, 0.1) is 5.92 Å². The molecule has 1 aromatic carbocycles. The lowest BCUT2D eigenvalue weighted by Crippen LogP contribution is -2.10. The van der Waals surface area contributed by atoms with E-state index in [1.807, 2.05) is 6.20 Å². The highest BCUT2D eigenvalue weighted by atomic mass is 15.3. The van der Waals surface area contributed by atoms with Crippen LogP contribution in [0.2, 0.25) is 0 Å². The van der Waals surface area contributed by atoms with Gasteiger partial charge in [0.25, 0.3) is 0 Å². The molecule has 3 rings (SSSR count). The summed E-state index contributed by atoms with van der Waals surface area (Å²) in [4.78, 5) is 0. The fourth-order valence-corrected chi connectivity index (χ4v) is 3.94. The largest absolute Gasteiger partial charge is 0.344 e. The smallest absolute Gasteiger partial charge is 0.0521 e. The van der Waals surface area contributed by atoms with E-state index < -0.39 is 0 Å². The maximum absolute atomic E-state index is 4.51. The second-order valence-corrected chi connectivity index (χ2v) is 7.96. The molecule has 0 saturated heterocycles. The predicted molar refractivity (Wildman–Crippen MR) is 111 cm³/mol. The van der Waals surface area contributed by atoms with Crippen molar-refractivity contribution in [1.82, 2.24) is 14.3 Å². The SMILES string of the molecule is CCCn1c(C(C)C)cc2c(CC(C)Cn3cc(CC)cn3)cccc21. The summed E-state index contributed by atoms with van der Waals surface area (Å²) in [6.45, 7) is 13.4. The lowest BCUT2D eigenvalue weighted by molar-refractivity contribution is 0.449. The second-order valence-electron chi connectivity index (χ2n) is 7.96. The number of rotatable bonds is 8. The van der Waals surface area contributed by atoms with Gasteiger partial charge in [-0.2, -0.15) is 5.10 Å². The minimum absolute atomic E-state index is 0.552. The Balaban J connectivity index is 1.86. The Morgan fingerprint density at radius 1 is 1.12 bits per heavy atom. The molecule has 0 fully saturated rings. The van der Waals surface area contributed by atoms with Crippen molar-refractivity contribution < 1.29 is 0 Å². The topological polar surface area (TPSA) is 22.8 Å². The summed E-state index contributed by atoms with van der Waals surface area (Å²) in [5.74, 6) is 1.11. The fraction of sp³-hybridized carbons (Fsp3) is 0.522. The molecule has 0 saturated carbocycles. The Hall–Kier alpha value is -2.03. The van der Waals surface area contributed by atoms with Crippen LogP contribution in [0.4, 0.5) is 0 Å². The van der Waals surface area contributed by atoms with Crippen LogP contribution in [0.15, 0.2) is 36.7 Å². The van der Waals surface area contributed by atoms with Crippen LogP contribution in [-0.2, 0) is 25.9 Å². The third kappa shape index (κ3) is 3.87. The Bertz CT molecular complexity index is 854. The Morgan fingerprint density at radius 3 is 2.58 bits per heavy atom. The zero-order valence-electron chi connectivity index (χ0n) is 17.0. The average molecular weight is 352 g/mol. The van der Waals surface area contributed by atoms with Crippen LogP contribution in [0.3, 0.4) is 0 Å². The van der Waals surface area contributed by atoms with Gasteiger partial charge in [-0.05, 0) is 54.4 Å². The molecule has 0 amide bonds. The van der Waals surface area contributed by atoms with Gasteiger partial charge in [0.2, 0.25) is 0 Å². The van der Waals surface area contributed by atoms with E-state index in [1.165, 1.54) is 34.1 Å². The summed E-state index contributed by atoms with van der Waals surface area (Å²) in [6, 6.07) is 9.25. The van der Waals surface area contributed by atoms with Crippen molar-refractivity contribution in [1.29, 1.82) is 0 Å². The summed E-state index contributed by atoms with van der Waals surface area (Å²) < 4.78 is 4.63. The molecule has 3 aromatic rings. The molecule has 140 valence electrons. The number of benzene rings is 1. The van der Waals surface area contributed by atoms with Crippen molar-refractivity contribution in [2.75, 3.05) is 0 Å². The van der Waals surface area contributed by atoms with E-state index in [4.69, 9.17) is 0 Å². The Kier molecular flexibility index (Phi) is 5.85. The third-order valence-corrected chi connectivity index (χ3v) is 5.27. The molecule has 2 heterocycles. The monoisotopic (exact) mass is 351 g/mol. The minimum atomic E-state index is 0.552. The minimum Gasteiger partial charge on any atom is -0.344 e.